The number of morpholine rings is 1. The second-order valence-corrected chi connectivity index (χ2v) is 4.49. The third kappa shape index (κ3) is 2.89. The topological polar surface area (TPSA) is 42.4 Å². The molecule has 1 aliphatic heterocycles. The summed E-state index contributed by atoms with van der Waals surface area (Å²) in [5.74, 6) is 0.231. The molecule has 1 saturated heterocycles. The molecule has 0 radical (unpaired) electrons. The molecule has 1 aliphatic rings. The van der Waals surface area contributed by atoms with Crippen molar-refractivity contribution in [3.63, 3.8) is 0 Å². The van der Waals surface area contributed by atoms with Crippen LogP contribution in [0.25, 0.3) is 0 Å². The summed E-state index contributed by atoms with van der Waals surface area (Å²) in [5, 5.41) is 0.512. The molecule has 0 N–H and O–H groups in total. The van der Waals surface area contributed by atoms with Crippen molar-refractivity contribution in [2.45, 2.75) is 6.04 Å². The Bertz CT molecular complexity index is 397. The number of carbonyl (C=O) groups excluding carboxylic acids is 1. The molecular formula is C11H12Cl2N2O2. The highest BCUT2D eigenvalue weighted by Gasteiger charge is 2.27. The SMILES string of the molecule is O=C(c1ccc(Cl)cn1)N1CCOCC1CCl. The summed E-state index contributed by atoms with van der Waals surface area (Å²) in [6.45, 7) is 1.55. The highest BCUT2D eigenvalue weighted by Crippen LogP contribution is 2.14. The number of aromatic nitrogens is 1. The number of nitrogens with zero attached hydrogens (tertiary/aromatic N) is 2. The Kier molecular flexibility index (Phi) is 4.20. The number of hydrogen-bond donors (Lipinski definition) is 0. The van der Waals surface area contributed by atoms with Crippen LogP contribution in [0.15, 0.2) is 18.3 Å². The summed E-state index contributed by atoms with van der Waals surface area (Å²) in [7, 11) is 0. The zero-order valence-electron chi connectivity index (χ0n) is 9.10. The molecule has 4 nitrogen and oxygen atoms in total. The standard InChI is InChI=1S/C11H12Cl2N2O2/c12-5-9-7-17-4-3-15(9)11(16)10-2-1-8(13)6-14-10/h1-2,6,9H,3-5,7H2. The van der Waals surface area contributed by atoms with Gasteiger partial charge in [-0.1, -0.05) is 11.6 Å². The quantitative estimate of drug-likeness (QED) is 0.773. The number of hydrogen-bond acceptors (Lipinski definition) is 3. The molecule has 2 heterocycles. The van der Waals surface area contributed by atoms with E-state index < -0.39 is 0 Å². The molecule has 2 rings (SSSR count). The molecule has 1 aromatic heterocycles. The second-order valence-electron chi connectivity index (χ2n) is 3.74. The van der Waals surface area contributed by atoms with Gasteiger partial charge in [0, 0.05) is 18.6 Å². The first-order chi connectivity index (χ1) is 8.22. The van der Waals surface area contributed by atoms with Gasteiger partial charge in [0.15, 0.2) is 0 Å². The summed E-state index contributed by atoms with van der Waals surface area (Å²) in [4.78, 5) is 17.9. The van der Waals surface area contributed by atoms with E-state index in [0.717, 1.165) is 0 Å². The lowest BCUT2D eigenvalue weighted by Crippen LogP contribution is -2.49. The second kappa shape index (κ2) is 5.67. The van der Waals surface area contributed by atoms with E-state index in [2.05, 4.69) is 4.98 Å². The van der Waals surface area contributed by atoms with Gasteiger partial charge in [-0.25, -0.2) is 4.98 Å². The number of carbonyl (C=O) groups is 1. The van der Waals surface area contributed by atoms with E-state index in [1.165, 1.54) is 6.20 Å². The molecule has 0 aromatic carbocycles. The highest BCUT2D eigenvalue weighted by molar-refractivity contribution is 6.30. The van der Waals surface area contributed by atoms with Crippen LogP contribution in [-0.4, -0.2) is 47.5 Å². The average molecular weight is 275 g/mol. The Morgan fingerprint density at radius 1 is 1.59 bits per heavy atom. The Balaban J connectivity index is 2.15. The van der Waals surface area contributed by atoms with Gasteiger partial charge in [0.2, 0.25) is 0 Å². The van der Waals surface area contributed by atoms with Gasteiger partial charge >= 0.3 is 0 Å². The number of alkyl halides is 1. The molecule has 0 aliphatic carbocycles. The maximum atomic E-state index is 12.2. The van der Waals surface area contributed by atoms with Crippen LogP contribution in [0.2, 0.25) is 5.02 Å². The van der Waals surface area contributed by atoms with Crippen LogP contribution in [0.5, 0.6) is 0 Å². The van der Waals surface area contributed by atoms with Crippen molar-refractivity contribution in [2.24, 2.45) is 0 Å². The minimum Gasteiger partial charge on any atom is -0.377 e. The van der Waals surface area contributed by atoms with E-state index in [-0.39, 0.29) is 11.9 Å². The van der Waals surface area contributed by atoms with Crippen LogP contribution in [0.3, 0.4) is 0 Å². The van der Waals surface area contributed by atoms with Crippen molar-refractivity contribution in [3.8, 4) is 0 Å². The summed E-state index contributed by atoms with van der Waals surface area (Å²) in [6.07, 6.45) is 1.46. The molecule has 1 atom stereocenters. The maximum Gasteiger partial charge on any atom is 0.272 e. The normalized spacial score (nSPS) is 20.4. The molecule has 6 heteroatoms. The van der Waals surface area contributed by atoms with E-state index in [1.807, 2.05) is 0 Å². The van der Waals surface area contributed by atoms with Gasteiger partial charge in [0.05, 0.1) is 24.3 Å². The monoisotopic (exact) mass is 274 g/mol. The van der Waals surface area contributed by atoms with Gasteiger partial charge in [-0.3, -0.25) is 4.79 Å². The molecule has 17 heavy (non-hydrogen) atoms. The molecule has 1 amide bonds. The van der Waals surface area contributed by atoms with E-state index in [9.17, 15) is 4.79 Å². The van der Waals surface area contributed by atoms with Gasteiger partial charge in [-0.05, 0) is 12.1 Å². The lowest BCUT2D eigenvalue weighted by atomic mass is 10.2. The van der Waals surface area contributed by atoms with Crippen molar-refractivity contribution in [1.29, 1.82) is 0 Å². The van der Waals surface area contributed by atoms with Crippen molar-refractivity contribution < 1.29 is 9.53 Å². The van der Waals surface area contributed by atoms with Crippen molar-refractivity contribution >= 4 is 29.1 Å². The summed E-state index contributed by atoms with van der Waals surface area (Å²) >= 11 is 11.5. The number of pyridine rings is 1. The van der Waals surface area contributed by atoms with Crippen LogP contribution in [0.4, 0.5) is 0 Å². The number of rotatable bonds is 2. The lowest BCUT2D eigenvalue weighted by Gasteiger charge is -2.34. The fourth-order valence-corrected chi connectivity index (χ4v) is 2.07. The minimum absolute atomic E-state index is 0.0876. The van der Waals surface area contributed by atoms with E-state index >= 15 is 0 Å². The van der Waals surface area contributed by atoms with E-state index in [0.29, 0.717) is 36.4 Å². The van der Waals surface area contributed by atoms with Gasteiger partial charge in [-0.15, -0.1) is 11.6 Å². The predicted octanol–water partition coefficient (Wildman–Crippen LogP) is 1.81. The molecular weight excluding hydrogens is 263 g/mol. The molecule has 0 saturated carbocycles. The van der Waals surface area contributed by atoms with E-state index in [4.69, 9.17) is 27.9 Å². The van der Waals surface area contributed by atoms with Crippen molar-refractivity contribution in [2.75, 3.05) is 25.6 Å². The highest BCUT2D eigenvalue weighted by atomic mass is 35.5. The number of ether oxygens (including phenoxy) is 1. The number of amides is 1. The Labute approximate surface area is 109 Å². The van der Waals surface area contributed by atoms with Gasteiger partial charge in [-0.2, -0.15) is 0 Å². The van der Waals surface area contributed by atoms with Crippen LogP contribution in [0, 0.1) is 0 Å². The largest absolute Gasteiger partial charge is 0.377 e. The zero-order valence-corrected chi connectivity index (χ0v) is 10.6. The van der Waals surface area contributed by atoms with Gasteiger partial charge in [0.1, 0.15) is 5.69 Å². The first kappa shape index (κ1) is 12.6. The van der Waals surface area contributed by atoms with Crippen LogP contribution in [-0.2, 0) is 4.74 Å². The minimum atomic E-state index is -0.129. The molecule has 1 fully saturated rings. The fraction of sp³-hybridized carbons (Fsp3) is 0.455. The fourth-order valence-electron chi connectivity index (χ4n) is 1.70. The Hall–Kier alpha value is -0.840. The van der Waals surface area contributed by atoms with Crippen LogP contribution < -0.4 is 0 Å². The summed E-state index contributed by atoms with van der Waals surface area (Å²) < 4.78 is 5.29. The lowest BCUT2D eigenvalue weighted by molar-refractivity contribution is 0.00424. The van der Waals surface area contributed by atoms with Gasteiger partial charge in [0.25, 0.3) is 5.91 Å². The van der Waals surface area contributed by atoms with Crippen molar-refractivity contribution in [3.05, 3.63) is 29.0 Å². The summed E-state index contributed by atoms with van der Waals surface area (Å²) in [6, 6.07) is 3.18. The van der Waals surface area contributed by atoms with Gasteiger partial charge < -0.3 is 9.64 Å². The molecule has 0 spiro atoms. The first-order valence-corrected chi connectivity index (χ1v) is 6.20. The Morgan fingerprint density at radius 3 is 3.06 bits per heavy atom. The average Bonchev–Trinajstić information content (AvgIpc) is 2.39. The zero-order chi connectivity index (χ0) is 12.3. The van der Waals surface area contributed by atoms with Crippen molar-refractivity contribution in [1.82, 2.24) is 9.88 Å². The van der Waals surface area contributed by atoms with Crippen LogP contribution >= 0.6 is 23.2 Å². The number of halogens is 2. The maximum absolute atomic E-state index is 12.2. The third-order valence-electron chi connectivity index (χ3n) is 2.61. The smallest absolute Gasteiger partial charge is 0.272 e. The molecule has 1 unspecified atom stereocenters. The molecule has 1 aromatic rings. The molecule has 0 bridgehead atoms. The van der Waals surface area contributed by atoms with E-state index in [1.54, 1.807) is 17.0 Å². The Morgan fingerprint density at radius 2 is 2.41 bits per heavy atom. The first-order valence-electron chi connectivity index (χ1n) is 5.28. The predicted molar refractivity (Wildman–Crippen MR) is 65.6 cm³/mol. The third-order valence-corrected chi connectivity index (χ3v) is 3.19. The van der Waals surface area contributed by atoms with Crippen LogP contribution in [0.1, 0.15) is 10.5 Å². The summed E-state index contributed by atoms with van der Waals surface area (Å²) in [5.41, 5.74) is 0.381. The molecule has 92 valence electrons.